The molecule has 0 aromatic rings. The Morgan fingerprint density at radius 3 is 2.33 bits per heavy atom. The maximum absolute atomic E-state index is 4.66. The van der Waals surface area contributed by atoms with Gasteiger partial charge < -0.3 is 5.32 Å². The SMILES string of the molecule is C=C(NCC1CCCC1)C(C)=N/C(C(=C)C)=C(\C)N=CC. The molecule has 21 heavy (non-hydrogen) atoms. The summed E-state index contributed by atoms with van der Waals surface area (Å²) in [4.78, 5) is 8.96. The molecule has 3 heteroatoms. The number of hydrogen-bond acceptors (Lipinski definition) is 3. The van der Waals surface area contributed by atoms with E-state index in [0.29, 0.717) is 0 Å². The molecule has 1 N–H and O–H groups in total. The predicted octanol–water partition coefficient (Wildman–Crippen LogP) is 4.64. The summed E-state index contributed by atoms with van der Waals surface area (Å²) in [6.07, 6.45) is 7.16. The van der Waals surface area contributed by atoms with Gasteiger partial charge in [-0.05, 0) is 52.0 Å². The second-order valence-electron chi connectivity index (χ2n) is 5.81. The molecule has 0 spiro atoms. The van der Waals surface area contributed by atoms with E-state index in [-0.39, 0.29) is 0 Å². The van der Waals surface area contributed by atoms with Crippen LogP contribution < -0.4 is 5.32 Å². The topological polar surface area (TPSA) is 36.8 Å². The number of allylic oxidation sites excluding steroid dienone is 3. The van der Waals surface area contributed by atoms with Gasteiger partial charge in [0, 0.05) is 18.5 Å². The second-order valence-corrected chi connectivity index (χ2v) is 5.81. The van der Waals surface area contributed by atoms with Gasteiger partial charge >= 0.3 is 0 Å². The summed E-state index contributed by atoms with van der Waals surface area (Å²) in [5.74, 6) is 0.789. The molecule has 0 unspecified atom stereocenters. The Balaban J connectivity index is 2.73. The van der Waals surface area contributed by atoms with E-state index in [4.69, 9.17) is 0 Å². The van der Waals surface area contributed by atoms with Crippen LogP contribution in [0.3, 0.4) is 0 Å². The van der Waals surface area contributed by atoms with Gasteiger partial charge in [-0.1, -0.05) is 26.0 Å². The summed E-state index contributed by atoms with van der Waals surface area (Å²) >= 11 is 0. The molecule has 1 aliphatic carbocycles. The first-order valence-electron chi connectivity index (χ1n) is 7.79. The molecular weight excluding hydrogens is 258 g/mol. The molecule has 0 atom stereocenters. The lowest BCUT2D eigenvalue weighted by atomic mass is 10.1. The molecule has 0 radical (unpaired) electrons. The first-order chi connectivity index (χ1) is 9.95. The quantitative estimate of drug-likeness (QED) is 0.537. The van der Waals surface area contributed by atoms with Crippen molar-refractivity contribution in [2.75, 3.05) is 6.54 Å². The minimum absolute atomic E-state index is 0.789. The molecule has 1 aliphatic rings. The number of aliphatic imine (C=N–C) groups is 2. The fraction of sp³-hybridized carbons (Fsp3) is 0.556. The van der Waals surface area contributed by atoms with Gasteiger partial charge in [0.1, 0.15) is 0 Å². The van der Waals surface area contributed by atoms with Gasteiger partial charge in [-0.3, -0.25) is 4.99 Å². The van der Waals surface area contributed by atoms with Gasteiger partial charge in [-0.15, -0.1) is 0 Å². The zero-order chi connectivity index (χ0) is 15.8. The normalized spacial score (nSPS) is 18.0. The van der Waals surface area contributed by atoms with Crippen LogP contribution in [0.15, 0.2) is 45.8 Å². The molecule has 0 aromatic carbocycles. The summed E-state index contributed by atoms with van der Waals surface area (Å²) in [5.41, 5.74) is 4.44. The molecule has 0 saturated heterocycles. The molecule has 1 saturated carbocycles. The lowest BCUT2D eigenvalue weighted by Gasteiger charge is -2.14. The van der Waals surface area contributed by atoms with Gasteiger partial charge in [0.2, 0.25) is 0 Å². The Hall–Kier alpha value is -1.64. The average molecular weight is 287 g/mol. The Kier molecular flexibility index (Phi) is 7.13. The molecule has 116 valence electrons. The van der Waals surface area contributed by atoms with E-state index in [0.717, 1.165) is 40.8 Å². The van der Waals surface area contributed by atoms with Crippen molar-refractivity contribution in [3.05, 3.63) is 35.8 Å². The summed E-state index contributed by atoms with van der Waals surface area (Å²) < 4.78 is 0. The van der Waals surface area contributed by atoms with Crippen LogP contribution in [0.4, 0.5) is 0 Å². The van der Waals surface area contributed by atoms with Crippen LogP contribution in [-0.4, -0.2) is 18.5 Å². The van der Waals surface area contributed by atoms with Crippen LogP contribution >= 0.6 is 0 Å². The van der Waals surface area contributed by atoms with Crippen LogP contribution in [0.25, 0.3) is 0 Å². The largest absolute Gasteiger partial charge is 0.384 e. The highest BCUT2D eigenvalue weighted by atomic mass is 14.9. The summed E-state index contributed by atoms with van der Waals surface area (Å²) in [6, 6.07) is 0. The monoisotopic (exact) mass is 287 g/mol. The van der Waals surface area contributed by atoms with Crippen molar-refractivity contribution in [1.82, 2.24) is 5.32 Å². The molecule has 1 fully saturated rings. The Labute approximate surface area is 129 Å². The Morgan fingerprint density at radius 1 is 1.19 bits per heavy atom. The van der Waals surface area contributed by atoms with Crippen LogP contribution in [0.2, 0.25) is 0 Å². The fourth-order valence-electron chi connectivity index (χ4n) is 2.59. The van der Waals surface area contributed by atoms with Crippen molar-refractivity contribution in [3.63, 3.8) is 0 Å². The molecule has 0 aromatic heterocycles. The Bertz CT molecular complexity index is 475. The summed E-state index contributed by atoms with van der Waals surface area (Å²) in [5, 5.41) is 3.42. The van der Waals surface area contributed by atoms with E-state index in [9.17, 15) is 0 Å². The minimum Gasteiger partial charge on any atom is -0.384 e. The Morgan fingerprint density at radius 2 is 1.81 bits per heavy atom. The first-order valence-corrected chi connectivity index (χ1v) is 7.79. The molecule has 0 bridgehead atoms. The number of hydrogen-bond donors (Lipinski definition) is 1. The van der Waals surface area contributed by atoms with Gasteiger partial charge in [0.05, 0.1) is 17.1 Å². The van der Waals surface area contributed by atoms with Crippen molar-refractivity contribution in [2.24, 2.45) is 15.9 Å². The molecule has 3 nitrogen and oxygen atoms in total. The van der Waals surface area contributed by atoms with Crippen molar-refractivity contribution >= 4 is 11.9 Å². The number of rotatable bonds is 7. The third-order valence-electron chi connectivity index (χ3n) is 3.86. The number of nitrogens with zero attached hydrogens (tertiary/aromatic N) is 2. The first kappa shape index (κ1) is 17.4. The van der Waals surface area contributed by atoms with E-state index in [1.165, 1.54) is 25.7 Å². The summed E-state index contributed by atoms with van der Waals surface area (Å²) in [6.45, 7) is 16.9. The van der Waals surface area contributed by atoms with Gasteiger partial charge in [-0.2, -0.15) is 0 Å². The van der Waals surface area contributed by atoms with Crippen LogP contribution in [0.1, 0.15) is 53.4 Å². The molecule has 0 heterocycles. The molecular formula is C18H29N3. The minimum atomic E-state index is 0.789. The van der Waals surface area contributed by atoms with E-state index >= 15 is 0 Å². The zero-order valence-corrected chi connectivity index (χ0v) is 14.0. The highest BCUT2D eigenvalue weighted by Crippen LogP contribution is 2.24. The van der Waals surface area contributed by atoms with E-state index in [1.807, 2.05) is 27.7 Å². The van der Waals surface area contributed by atoms with Crippen LogP contribution in [-0.2, 0) is 0 Å². The third-order valence-corrected chi connectivity index (χ3v) is 3.86. The van der Waals surface area contributed by atoms with Crippen molar-refractivity contribution < 1.29 is 0 Å². The second kappa shape index (κ2) is 8.60. The fourth-order valence-corrected chi connectivity index (χ4v) is 2.59. The van der Waals surface area contributed by atoms with E-state index in [2.05, 4.69) is 28.5 Å². The van der Waals surface area contributed by atoms with Gasteiger partial charge in [0.25, 0.3) is 0 Å². The smallest absolute Gasteiger partial charge is 0.0868 e. The van der Waals surface area contributed by atoms with E-state index in [1.54, 1.807) is 6.21 Å². The van der Waals surface area contributed by atoms with Crippen molar-refractivity contribution in [1.29, 1.82) is 0 Å². The predicted molar refractivity (Wildman–Crippen MR) is 93.9 cm³/mol. The molecule has 0 amide bonds. The highest BCUT2D eigenvalue weighted by molar-refractivity contribution is 5.98. The maximum atomic E-state index is 4.66. The lowest BCUT2D eigenvalue weighted by Crippen LogP contribution is -2.23. The zero-order valence-electron chi connectivity index (χ0n) is 14.0. The number of nitrogens with one attached hydrogen (secondary N) is 1. The van der Waals surface area contributed by atoms with Crippen molar-refractivity contribution in [2.45, 2.75) is 53.4 Å². The van der Waals surface area contributed by atoms with Crippen LogP contribution in [0.5, 0.6) is 0 Å². The van der Waals surface area contributed by atoms with Gasteiger partial charge in [-0.25, -0.2) is 4.99 Å². The lowest BCUT2D eigenvalue weighted by molar-refractivity contribution is 0.523. The third kappa shape index (κ3) is 5.70. The van der Waals surface area contributed by atoms with E-state index < -0.39 is 0 Å². The molecule has 1 rings (SSSR count). The van der Waals surface area contributed by atoms with Crippen LogP contribution in [0, 0.1) is 5.92 Å². The highest BCUT2D eigenvalue weighted by Gasteiger charge is 2.15. The van der Waals surface area contributed by atoms with Crippen molar-refractivity contribution in [3.8, 4) is 0 Å². The molecule has 0 aliphatic heterocycles. The summed E-state index contributed by atoms with van der Waals surface area (Å²) in [7, 11) is 0. The average Bonchev–Trinajstić information content (AvgIpc) is 2.94. The standard InChI is InChI=1S/C18H29N3/c1-7-19-16(6)18(13(2)3)21-15(5)14(4)20-12-17-10-8-9-11-17/h7,17,20H,2,4,8-12H2,1,3,5-6H3/b18-16+,19-7?,21-15?. The van der Waals surface area contributed by atoms with Gasteiger partial charge in [0.15, 0.2) is 0 Å². The maximum Gasteiger partial charge on any atom is 0.0868 e.